The highest BCUT2D eigenvalue weighted by Crippen LogP contribution is 2.38. The van der Waals surface area contributed by atoms with Crippen molar-refractivity contribution in [3.05, 3.63) is 36.1 Å². The van der Waals surface area contributed by atoms with Crippen LogP contribution in [0.25, 0.3) is 17.0 Å². The summed E-state index contributed by atoms with van der Waals surface area (Å²) in [5.74, 6) is 1.10. The van der Waals surface area contributed by atoms with E-state index in [9.17, 15) is 4.79 Å². The van der Waals surface area contributed by atoms with Gasteiger partial charge in [0.15, 0.2) is 0 Å². The van der Waals surface area contributed by atoms with Crippen LogP contribution in [-0.2, 0) is 9.53 Å². The van der Waals surface area contributed by atoms with Gasteiger partial charge in [-0.1, -0.05) is 20.8 Å². The predicted octanol–water partition coefficient (Wildman–Crippen LogP) is 5.39. The topological polar surface area (TPSA) is 48.7 Å². The maximum absolute atomic E-state index is 11.4. The van der Waals surface area contributed by atoms with Gasteiger partial charge in [0.25, 0.3) is 0 Å². The third kappa shape index (κ3) is 4.29. The first-order chi connectivity index (χ1) is 11.1. The zero-order chi connectivity index (χ0) is 18.0. The first-order valence-electron chi connectivity index (χ1n) is 8.20. The van der Waals surface area contributed by atoms with Gasteiger partial charge in [0.2, 0.25) is 8.32 Å². The van der Waals surface area contributed by atoms with Crippen molar-refractivity contribution in [1.29, 1.82) is 0 Å². The smallest absolute Gasteiger partial charge is 0.330 e. The van der Waals surface area contributed by atoms with Crippen LogP contribution in [-0.4, -0.2) is 20.9 Å². The van der Waals surface area contributed by atoms with Gasteiger partial charge in [-0.25, -0.2) is 4.79 Å². The molecule has 0 aliphatic heterocycles. The Kier molecular flexibility index (Phi) is 5.23. The van der Waals surface area contributed by atoms with Crippen LogP contribution in [0.5, 0.6) is 5.75 Å². The normalized spacial score (nSPS) is 12.8. The van der Waals surface area contributed by atoms with E-state index in [2.05, 4.69) is 33.9 Å². The molecular formula is C19H26O4Si. The van der Waals surface area contributed by atoms with Gasteiger partial charge >= 0.3 is 5.97 Å². The Bertz CT molecular complexity index is 750. The average Bonchev–Trinajstić information content (AvgIpc) is 2.86. The minimum atomic E-state index is -1.87. The van der Waals surface area contributed by atoms with E-state index in [0.717, 1.165) is 16.7 Å². The third-order valence-corrected chi connectivity index (χ3v) is 8.71. The minimum Gasteiger partial charge on any atom is -0.543 e. The van der Waals surface area contributed by atoms with Crippen LogP contribution in [0.1, 0.15) is 33.5 Å². The Hall–Kier alpha value is -2.01. The maximum Gasteiger partial charge on any atom is 0.330 e. The van der Waals surface area contributed by atoms with E-state index in [4.69, 9.17) is 13.6 Å². The molecule has 0 unspecified atom stereocenters. The van der Waals surface area contributed by atoms with Gasteiger partial charge in [0, 0.05) is 11.5 Å². The van der Waals surface area contributed by atoms with E-state index in [1.165, 1.54) is 6.08 Å². The van der Waals surface area contributed by atoms with Crippen molar-refractivity contribution >= 4 is 31.3 Å². The molecule has 2 rings (SSSR count). The molecule has 0 spiro atoms. The van der Waals surface area contributed by atoms with Crippen LogP contribution in [0.15, 0.2) is 34.8 Å². The van der Waals surface area contributed by atoms with Crippen molar-refractivity contribution in [2.45, 2.75) is 45.8 Å². The van der Waals surface area contributed by atoms with Gasteiger partial charge in [-0.2, -0.15) is 0 Å². The van der Waals surface area contributed by atoms with Crippen molar-refractivity contribution in [3.8, 4) is 5.75 Å². The Morgan fingerprint density at radius 2 is 1.96 bits per heavy atom. The minimum absolute atomic E-state index is 0.145. The fraction of sp³-hybridized carbons (Fsp3) is 0.421. The molecule has 0 bridgehead atoms. The number of hydrogen-bond acceptors (Lipinski definition) is 4. The number of furan rings is 1. The van der Waals surface area contributed by atoms with E-state index >= 15 is 0 Å². The van der Waals surface area contributed by atoms with E-state index < -0.39 is 8.32 Å². The van der Waals surface area contributed by atoms with Crippen molar-refractivity contribution in [1.82, 2.24) is 0 Å². The predicted molar refractivity (Wildman–Crippen MR) is 99.7 cm³/mol. The van der Waals surface area contributed by atoms with Crippen LogP contribution in [0.3, 0.4) is 0 Å². The van der Waals surface area contributed by atoms with Gasteiger partial charge in [-0.05, 0) is 55.4 Å². The lowest BCUT2D eigenvalue weighted by Crippen LogP contribution is -2.43. The average molecular weight is 346 g/mol. The fourth-order valence-electron chi connectivity index (χ4n) is 1.98. The van der Waals surface area contributed by atoms with Crippen molar-refractivity contribution in [3.63, 3.8) is 0 Å². The SMILES string of the molecule is CCOC(=O)C=Cc1cc2cc(O[Si](C)(C)C(C)(C)C)ccc2o1. The number of fused-ring (bicyclic) bond motifs is 1. The molecule has 0 aliphatic carbocycles. The summed E-state index contributed by atoms with van der Waals surface area (Å²) < 4.78 is 16.9. The molecular weight excluding hydrogens is 320 g/mol. The lowest BCUT2D eigenvalue weighted by atomic mass is 10.2. The second-order valence-electron chi connectivity index (χ2n) is 7.30. The molecule has 2 aromatic rings. The molecule has 0 amide bonds. The molecule has 4 nitrogen and oxygen atoms in total. The van der Waals surface area contributed by atoms with Crippen LogP contribution in [0.4, 0.5) is 0 Å². The molecule has 0 radical (unpaired) electrons. The molecule has 24 heavy (non-hydrogen) atoms. The molecule has 0 saturated carbocycles. The second kappa shape index (κ2) is 6.85. The Balaban J connectivity index is 2.21. The summed E-state index contributed by atoms with van der Waals surface area (Å²) in [7, 11) is -1.87. The summed E-state index contributed by atoms with van der Waals surface area (Å²) in [6.45, 7) is 13.2. The number of esters is 1. The summed E-state index contributed by atoms with van der Waals surface area (Å²) in [5, 5.41) is 1.10. The number of ether oxygens (including phenoxy) is 1. The third-order valence-electron chi connectivity index (χ3n) is 4.36. The molecule has 5 heteroatoms. The van der Waals surface area contributed by atoms with E-state index in [-0.39, 0.29) is 11.0 Å². The zero-order valence-electron chi connectivity index (χ0n) is 15.3. The number of carbonyl (C=O) groups is 1. The monoisotopic (exact) mass is 346 g/mol. The lowest BCUT2D eigenvalue weighted by Gasteiger charge is -2.36. The maximum atomic E-state index is 11.4. The lowest BCUT2D eigenvalue weighted by molar-refractivity contribution is -0.137. The highest BCUT2D eigenvalue weighted by Gasteiger charge is 2.38. The number of carbonyl (C=O) groups excluding carboxylic acids is 1. The van der Waals surface area contributed by atoms with Crippen molar-refractivity contribution in [2.75, 3.05) is 6.61 Å². The standard InChI is InChI=1S/C19H26O4Si/c1-7-21-18(20)11-9-15-12-14-13-16(8-10-17(14)22-15)23-24(5,6)19(2,3)4/h8-13H,7H2,1-6H3. The van der Waals surface area contributed by atoms with E-state index in [1.807, 2.05) is 24.3 Å². The molecule has 130 valence electrons. The summed E-state index contributed by atoms with van der Waals surface area (Å²) in [6.07, 6.45) is 2.99. The van der Waals surface area contributed by atoms with Crippen molar-refractivity contribution in [2.24, 2.45) is 0 Å². The molecule has 0 fully saturated rings. The molecule has 1 heterocycles. The summed E-state index contributed by atoms with van der Waals surface area (Å²) in [4.78, 5) is 11.4. The van der Waals surface area contributed by atoms with Gasteiger partial charge in [0.05, 0.1) is 6.61 Å². The molecule has 0 saturated heterocycles. The molecule has 1 aromatic carbocycles. The number of hydrogen-bond donors (Lipinski definition) is 0. The van der Waals surface area contributed by atoms with Crippen LogP contribution in [0, 0.1) is 0 Å². The van der Waals surface area contributed by atoms with Gasteiger partial charge < -0.3 is 13.6 Å². The summed E-state index contributed by atoms with van der Waals surface area (Å²) >= 11 is 0. The first kappa shape index (κ1) is 18.3. The van der Waals surface area contributed by atoms with Crippen LogP contribution < -0.4 is 4.43 Å². The van der Waals surface area contributed by atoms with Gasteiger partial charge in [0.1, 0.15) is 17.1 Å². The Labute approximate surface area is 144 Å². The summed E-state index contributed by atoms with van der Waals surface area (Å²) in [5.41, 5.74) is 0.765. The Morgan fingerprint density at radius 3 is 2.58 bits per heavy atom. The number of benzene rings is 1. The quantitative estimate of drug-likeness (QED) is 0.413. The fourth-order valence-corrected chi connectivity index (χ4v) is 3.00. The van der Waals surface area contributed by atoms with E-state index in [0.29, 0.717) is 12.4 Å². The van der Waals surface area contributed by atoms with Gasteiger partial charge in [-0.3, -0.25) is 0 Å². The van der Waals surface area contributed by atoms with Crippen molar-refractivity contribution < 1.29 is 18.4 Å². The molecule has 0 aliphatic rings. The van der Waals surface area contributed by atoms with Crippen LogP contribution >= 0.6 is 0 Å². The van der Waals surface area contributed by atoms with Gasteiger partial charge in [-0.15, -0.1) is 0 Å². The molecule has 0 atom stereocenters. The first-order valence-corrected chi connectivity index (χ1v) is 11.1. The molecule has 0 N–H and O–H groups in total. The highest BCUT2D eigenvalue weighted by atomic mass is 28.4. The second-order valence-corrected chi connectivity index (χ2v) is 12.0. The number of rotatable bonds is 5. The van der Waals surface area contributed by atoms with E-state index in [1.54, 1.807) is 13.0 Å². The largest absolute Gasteiger partial charge is 0.543 e. The summed E-state index contributed by atoms with van der Waals surface area (Å²) in [6, 6.07) is 7.72. The zero-order valence-corrected chi connectivity index (χ0v) is 16.3. The highest BCUT2D eigenvalue weighted by molar-refractivity contribution is 6.74. The molecule has 1 aromatic heterocycles. The van der Waals surface area contributed by atoms with Crippen LogP contribution in [0.2, 0.25) is 18.1 Å². The Morgan fingerprint density at radius 1 is 1.25 bits per heavy atom.